The Morgan fingerprint density at radius 3 is 2.80 bits per heavy atom. The van der Waals surface area contributed by atoms with Crippen LogP contribution in [0.3, 0.4) is 0 Å². The monoisotopic (exact) mass is 542 g/mol. The number of amides is 3. The van der Waals surface area contributed by atoms with Gasteiger partial charge < -0.3 is 14.1 Å². The first-order valence-corrected chi connectivity index (χ1v) is 10.4. The molecule has 3 amide bonds. The second-order valence-corrected chi connectivity index (χ2v) is 8.07. The van der Waals surface area contributed by atoms with E-state index in [-0.39, 0.29) is 29.9 Å². The molecule has 1 unspecified atom stereocenters. The number of rotatable bonds is 5. The standard InChI is InChI=1S/C19H19IN4O5S/c1-28-15-5-4-11(7-14(15)20)17(26)21-19(30)23-22-18(27)12-8-16(25)24(9-12)10-13-3-2-6-29-13/h2-7,12H,8-10H2,1H3,(H,22,27)(H2,21,23,26,30). The summed E-state index contributed by atoms with van der Waals surface area (Å²) in [6, 6.07) is 8.46. The van der Waals surface area contributed by atoms with Gasteiger partial charge in [0.1, 0.15) is 11.5 Å². The number of thiocarbonyl (C=S) groups is 1. The van der Waals surface area contributed by atoms with Gasteiger partial charge in [-0.3, -0.25) is 30.6 Å². The Balaban J connectivity index is 1.46. The van der Waals surface area contributed by atoms with Crippen LogP contribution in [0.2, 0.25) is 0 Å². The summed E-state index contributed by atoms with van der Waals surface area (Å²) < 4.78 is 11.2. The van der Waals surface area contributed by atoms with Crippen molar-refractivity contribution in [3.8, 4) is 5.75 Å². The summed E-state index contributed by atoms with van der Waals surface area (Å²) in [5.41, 5.74) is 5.33. The molecular formula is C19H19IN4O5S. The lowest BCUT2D eigenvalue weighted by Gasteiger charge is -2.16. The largest absolute Gasteiger partial charge is 0.496 e. The molecule has 1 aliphatic rings. The number of likely N-dealkylation sites (tertiary alicyclic amines) is 1. The molecular weight excluding hydrogens is 523 g/mol. The van der Waals surface area contributed by atoms with Crippen molar-refractivity contribution >= 4 is 57.6 Å². The molecule has 0 aliphatic carbocycles. The van der Waals surface area contributed by atoms with Crippen LogP contribution in [0.4, 0.5) is 0 Å². The SMILES string of the molecule is COc1ccc(C(=O)NC(=S)NNC(=O)C2CC(=O)N(Cc3ccco3)C2)cc1I. The van der Waals surface area contributed by atoms with Gasteiger partial charge in [0, 0.05) is 18.5 Å². The summed E-state index contributed by atoms with van der Waals surface area (Å²) in [5.74, 6) is -0.158. The predicted molar refractivity (Wildman–Crippen MR) is 119 cm³/mol. The number of ether oxygens (including phenoxy) is 1. The van der Waals surface area contributed by atoms with Gasteiger partial charge in [-0.2, -0.15) is 0 Å². The van der Waals surface area contributed by atoms with Crippen LogP contribution in [0.25, 0.3) is 0 Å². The number of hydrazine groups is 1. The molecule has 0 saturated carbocycles. The van der Waals surface area contributed by atoms with Gasteiger partial charge in [0.2, 0.25) is 11.8 Å². The summed E-state index contributed by atoms with van der Waals surface area (Å²) in [4.78, 5) is 38.3. The first kappa shape index (κ1) is 22.0. The number of nitrogens with one attached hydrogen (secondary N) is 3. The Hall–Kier alpha value is -2.67. The van der Waals surface area contributed by atoms with E-state index in [0.717, 1.165) is 3.57 Å². The minimum absolute atomic E-state index is 0.0593. The van der Waals surface area contributed by atoms with E-state index in [1.165, 1.54) is 6.26 Å². The first-order valence-electron chi connectivity index (χ1n) is 8.92. The maximum atomic E-state index is 12.4. The van der Waals surface area contributed by atoms with Crippen LogP contribution >= 0.6 is 34.8 Å². The molecule has 2 heterocycles. The number of hydrogen-bond acceptors (Lipinski definition) is 6. The molecule has 0 bridgehead atoms. The minimum Gasteiger partial charge on any atom is -0.496 e. The van der Waals surface area contributed by atoms with Gasteiger partial charge in [-0.25, -0.2) is 0 Å². The van der Waals surface area contributed by atoms with Gasteiger partial charge in [-0.1, -0.05) is 0 Å². The van der Waals surface area contributed by atoms with E-state index in [1.807, 2.05) is 0 Å². The van der Waals surface area contributed by atoms with Gasteiger partial charge in [0.15, 0.2) is 5.11 Å². The third-order valence-corrected chi connectivity index (χ3v) is 5.50. The summed E-state index contributed by atoms with van der Waals surface area (Å²) in [6.07, 6.45) is 1.63. The highest BCUT2D eigenvalue weighted by Crippen LogP contribution is 2.22. The molecule has 0 spiro atoms. The van der Waals surface area contributed by atoms with E-state index in [0.29, 0.717) is 23.6 Å². The van der Waals surface area contributed by atoms with Gasteiger partial charge in [0.25, 0.3) is 5.91 Å². The summed E-state index contributed by atoms with van der Waals surface area (Å²) in [5, 5.41) is 2.43. The fourth-order valence-corrected chi connectivity index (χ4v) is 3.81. The molecule has 9 nitrogen and oxygen atoms in total. The third-order valence-electron chi connectivity index (χ3n) is 4.45. The number of halogens is 1. The van der Waals surface area contributed by atoms with E-state index >= 15 is 0 Å². The van der Waals surface area contributed by atoms with Gasteiger partial charge in [-0.15, -0.1) is 0 Å². The smallest absolute Gasteiger partial charge is 0.257 e. The number of carbonyl (C=O) groups is 3. The molecule has 3 rings (SSSR count). The van der Waals surface area contributed by atoms with Gasteiger partial charge in [-0.05, 0) is 65.1 Å². The molecule has 1 atom stereocenters. The molecule has 1 saturated heterocycles. The molecule has 11 heteroatoms. The molecule has 30 heavy (non-hydrogen) atoms. The van der Waals surface area contributed by atoms with Crippen LogP contribution in [0.1, 0.15) is 22.5 Å². The Morgan fingerprint density at radius 1 is 1.33 bits per heavy atom. The molecule has 1 fully saturated rings. The van der Waals surface area contributed by atoms with Crippen LogP contribution in [0.5, 0.6) is 5.75 Å². The zero-order chi connectivity index (χ0) is 21.7. The maximum absolute atomic E-state index is 12.4. The van der Waals surface area contributed by atoms with Gasteiger partial charge in [0.05, 0.1) is 29.4 Å². The van der Waals surface area contributed by atoms with E-state index in [1.54, 1.807) is 42.3 Å². The number of methoxy groups -OCH3 is 1. The van der Waals surface area contributed by atoms with Gasteiger partial charge >= 0.3 is 0 Å². The molecule has 1 aromatic heterocycles. The Morgan fingerprint density at radius 2 is 2.13 bits per heavy atom. The van der Waals surface area contributed by atoms with Crippen molar-refractivity contribution in [3.05, 3.63) is 51.5 Å². The number of hydrogen-bond donors (Lipinski definition) is 3. The average Bonchev–Trinajstić information content (AvgIpc) is 3.36. The fourth-order valence-electron chi connectivity index (χ4n) is 2.93. The minimum atomic E-state index is -0.526. The molecule has 1 aliphatic heterocycles. The zero-order valence-corrected chi connectivity index (χ0v) is 18.9. The van der Waals surface area contributed by atoms with Crippen molar-refractivity contribution in [2.45, 2.75) is 13.0 Å². The molecule has 3 N–H and O–H groups in total. The van der Waals surface area contributed by atoms with E-state index in [2.05, 4.69) is 38.8 Å². The highest BCUT2D eigenvalue weighted by molar-refractivity contribution is 14.1. The van der Waals surface area contributed by atoms with E-state index in [4.69, 9.17) is 21.4 Å². The van der Waals surface area contributed by atoms with Crippen LogP contribution in [0, 0.1) is 9.49 Å². The molecule has 1 aromatic carbocycles. The highest BCUT2D eigenvalue weighted by atomic mass is 127. The predicted octanol–water partition coefficient (Wildman–Crippen LogP) is 1.58. The maximum Gasteiger partial charge on any atom is 0.257 e. The quantitative estimate of drug-likeness (QED) is 0.299. The zero-order valence-electron chi connectivity index (χ0n) is 15.9. The first-order chi connectivity index (χ1) is 14.4. The number of nitrogens with zero attached hydrogens (tertiary/aromatic N) is 1. The Labute approximate surface area is 191 Å². The number of carbonyl (C=O) groups excluding carboxylic acids is 3. The number of benzene rings is 1. The Kier molecular flexibility index (Phi) is 7.26. The topological polar surface area (TPSA) is 113 Å². The van der Waals surface area contributed by atoms with Crippen LogP contribution in [-0.2, 0) is 16.1 Å². The lowest BCUT2D eigenvalue weighted by molar-refractivity contribution is -0.129. The lowest BCUT2D eigenvalue weighted by Crippen LogP contribution is -2.50. The highest BCUT2D eigenvalue weighted by Gasteiger charge is 2.34. The van der Waals surface area contributed by atoms with Crippen molar-refractivity contribution in [2.75, 3.05) is 13.7 Å². The van der Waals surface area contributed by atoms with Crippen molar-refractivity contribution in [2.24, 2.45) is 5.92 Å². The summed E-state index contributed by atoms with van der Waals surface area (Å²) in [6.45, 7) is 0.592. The lowest BCUT2D eigenvalue weighted by atomic mass is 10.1. The molecule has 2 aromatic rings. The van der Waals surface area contributed by atoms with Crippen LogP contribution in [0.15, 0.2) is 41.0 Å². The van der Waals surface area contributed by atoms with Crippen molar-refractivity contribution < 1.29 is 23.5 Å². The summed E-state index contributed by atoms with van der Waals surface area (Å²) in [7, 11) is 1.55. The average molecular weight is 542 g/mol. The molecule has 0 radical (unpaired) electrons. The molecule has 158 valence electrons. The second-order valence-electron chi connectivity index (χ2n) is 6.50. The Bertz CT molecular complexity index is 966. The third kappa shape index (κ3) is 5.48. The normalized spacial score (nSPS) is 15.6. The number of furan rings is 1. The van der Waals surface area contributed by atoms with Crippen molar-refractivity contribution in [3.63, 3.8) is 0 Å². The van der Waals surface area contributed by atoms with Crippen molar-refractivity contribution in [1.29, 1.82) is 0 Å². The summed E-state index contributed by atoms with van der Waals surface area (Å²) >= 11 is 7.12. The van der Waals surface area contributed by atoms with Crippen LogP contribution in [-0.4, -0.2) is 41.4 Å². The van der Waals surface area contributed by atoms with E-state index in [9.17, 15) is 14.4 Å². The fraction of sp³-hybridized carbons (Fsp3) is 0.263. The van der Waals surface area contributed by atoms with E-state index < -0.39 is 11.8 Å². The van der Waals surface area contributed by atoms with Crippen LogP contribution < -0.4 is 20.9 Å². The van der Waals surface area contributed by atoms with Crippen molar-refractivity contribution in [1.82, 2.24) is 21.1 Å². The second kappa shape index (κ2) is 9.89.